The van der Waals surface area contributed by atoms with E-state index in [0.717, 1.165) is 32.6 Å². The zero-order valence-electron chi connectivity index (χ0n) is 16.1. The lowest BCUT2D eigenvalue weighted by Crippen LogP contribution is -2.51. The van der Waals surface area contributed by atoms with Crippen molar-refractivity contribution in [2.75, 3.05) is 37.6 Å². The molecule has 2 fully saturated rings. The van der Waals surface area contributed by atoms with Gasteiger partial charge in [0.2, 0.25) is 5.91 Å². The van der Waals surface area contributed by atoms with Crippen molar-refractivity contribution in [2.24, 2.45) is 5.92 Å². The molecule has 1 saturated heterocycles. The third-order valence-electron chi connectivity index (χ3n) is 6.11. The van der Waals surface area contributed by atoms with Gasteiger partial charge in [-0.05, 0) is 49.8 Å². The van der Waals surface area contributed by atoms with Crippen LogP contribution in [0.5, 0.6) is 0 Å². The lowest BCUT2D eigenvalue weighted by Gasteiger charge is -2.37. The molecule has 2 atom stereocenters. The van der Waals surface area contributed by atoms with Crippen LogP contribution < -0.4 is 10.2 Å². The first kappa shape index (κ1) is 18.2. The quantitative estimate of drug-likeness (QED) is 0.912. The molecule has 0 radical (unpaired) electrons. The van der Waals surface area contributed by atoms with Gasteiger partial charge in [0.1, 0.15) is 0 Å². The van der Waals surface area contributed by atoms with Crippen LogP contribution >= 0.6 is 0 Å². The maximum absolute atomic E-state index is 12.4. The summed E-state index contributed by atoms with van der Waals surface area (Å²) in [7, 11) is 0. The van der Waals surface area contributed by atoms with Gasteiger partial charge in [-0.25, -0.2) is 0 Å². The van der Waals surface area contributed by atoms with Crippen molar-refractivity contribution in [1.29, 1.82) is 0 Å². The fourth-order valence-electron chi connectivity index (χ4n) is 4.21. The second-order valence-electron chi connectivity index (χ2n) is 7.92. The van der Waals surface area contributed by atoms with Crippen LogP contribution in [0.2, 0.25) is 0 Å². The summed E-state index contributed by atoms with van der Waals surface area (Å²) in [6.45, 7) is 11.1. The second kappa shape index (κ2) is 8.22. The van der Waals surface area contributed by atoms with Crippen LogP contribution in [0.25, 0.3) is 0 Å². The van der Waals surface area contributed by atoms with Gasteiger partial charge in [-0.15, -0.1) is 0 Å². The Hall–Kier alpha value is -1.55. The van der Waals surface area contributed by atoms with Crippen molar-refractivity contribution in [2.45, 2.75) is 52.5 Å². The van der Waals surface area contributed by atoms with E-state index >= 15 is 0 Å². The van der Waals surface area contributed by atoms with Crippen molar-refractivity contribution >= 4 is 11.6 Å². The molecule has 138 valence electrons. The molecule has 1 N–H and O–H groups in total. The van der Waals surface area contributed by atoms with Crippen LogP contribution in [0, 0.1) is 19.8 Å². The Morgan fingerprint density at radius 2 is 1.84 bits per heavy atom. The number of nitrogens with one attached hydrogen (secondary N) is 1. The fourth-order valence-corrected chi connectivity index (χ4v) is 4.21. The third kappa shape index (κ3) is 4.55. The van der Waals surface area contributed by atoms with E-state index in [9.17, 15) is 4.79 Å². The lowest BCUT2D eigenvalue weighted by molar-refractivity contribution is -0.123. The first-order chi connectivity index (χ1) is 12.0. The number of rotatable bonds is 4. The Kier molecular flexibility index (Phi) is 6.00. The number of amides is 1. The number of hydrogen-bond acceptors (Lipinski definition) is 3. The molecule has 1 saturated carbocycles. The molecule has 1 aromatic rings. The molecule has 3 rings (SSSR count). The number of hydrogen-bond donors (Lipinski definition) is 1. The van der Waals surface area contributed by atoms with Crippen LogP contribution in [0.15, 0.2) is 18.2 Å². The topological polar surface area (TPSA) is 35.6 Å². The van der Waals surface area contributed by atoms with Crippen molar-refractivity contribution in [3.05, 3.63) is 29.3 Å². The monoisotopic (exact) mass is 343 g/mol. The highest BCUT2D eigenvalue weighted by Crippen LogP contribution is 2.25. The Morgan fingerprint density at radius 1 is 1.12 bits per heavy atom. The number of aryl methyl sites for hydroxylation is 1. The first-order valence-electron chi connectivity index (χ1n) is 9.87. The summed E-state index contributed by atoms with van der Waals surface area (Å²) in [6, 6.07) is 6.92. The van der Waals surface area contributed by atoms with Crippen LogP contribution in [0.3, 0.4) is 0 Å². The molecule has 1 heterocycles. The van der Waals surface area contributed by atoms with Crippen molar-refractivity contribution in [3.63, 3.8) is 0 Å². The highest BCUT2D eigenvalue weighted by atomic mass is 16.2. The minimum atomic E-state index is 0.207. The third-order valence-corrected chi connectivity index (χ3v) is 6.11. The summed E-state index contributed by atoms with van der Waals surface area (Å²) in [4.78, 5) is 17.2. The predicted molar refractivity (Wildman–Crippen MR) is 104 cm³/mol. The highest BCUT2D eigenvalue weighted by Gasteiger charge is 2.25. The maximum Gasteiger partial charge on any atom is 0.234 e. The minimum Gasteiger partial charge on any atom is -0.369 e. The molecule has 4 heteroatoms. The molecular formula is C21H33N3O. The maximum atomic E-state index is 12.4. The van der Waals surface area contributed by atoms with Crippen LogP contribution in [0.1, 0.15) is 43.7 Å². The summed E-state index contributed by atoms with van der Waals surface area (Å²) in [5.74, 6) is 0.831. The van der Waals surface area contributed by atoms with Crippen LogP contribution in [-0.2, 0) is 4.79 Å². The minimum absolute atomic E-state index is 0.207. The van der Waals surface area contributed by atoms with E-state index in [4.69, 9.17) is 0 Å². The Balaban J connectivity index is 1.47. The van der Waals surface area contributed by atoms with Crippen LogP contribution in [-0.4, -0.2) is 49.6 Å². The summed E-state index contributed by atoms with van der Waals surface area (Å²) in [5, 5.41) is 3.28. The zero-order valence-corrected chi connectivity index (χ0v) is 16.1. The normalized spacial score (nSPS) is 25.0. The van der Waals surface area contributed by atoms with E-state index in [1.807, 2.05) is 0 Å². The molecule has 25 heavy (non-hydrogen) atoms. The predicted octanol–water partition coefficient (Wildman–Crippen LogP) is 3.12. The molecule has 1 aliphatic carbocycles. The molecule has 1 aliphatic heterocycles. The Labute approximate surface area is 152 Å². The van der Waals surface area contributed by atoms with Gasteiger partial charge in [0.25, 0.3) is 0 Å². The Bertz CT molecular complexity index is 593. The Morgan fingerprint density at radius 3 is 2.56 bits per heavy atom. The molecule has 0 spiro atoms. The number of carbonyl (C=O) groups excluding carboxylic acids is 1. The van der Waals surface area contributed by atoms with Gasteiger partial charge in [-0.3, -0.25) is 9.69 Å². The molecule has 0 unspecified atom stereocenters. The summed E-state index contributed by atoms with van der Waals surface area (Å²) in [5.41, 5.74) is 4.07. The van der Waals surface area contributed by atoms with Crippen molar-refractivity contribution in [3.8, 4) is 0 Å². The number of anilines is 1. The SMILES string of the molecule is Cc1cccc(N2CCN(CC(=O)N[C@H]3CCCC[C@H]3C)CC2)c1C. The zero-order chi connectivity index (χ0) is 17.8. The van der Waals surface area contributed by atoms with E-state index in [0.29, 0.717) is 18.5 Å². The summed E-state index contributed by atoms with van der Waals surface area (Å²) < 4.78 is 0. The molecular weight excluding hydrogens is 310 g/mol. The number of piperazine rings is 1. The average Bonchev–Trinajstić information content (AvgIpc) is 2.60. The highest BCUT2D eigenvalue weighted by molar-refractivity contribution is 5.78. The molecule has 4 nitrogen and oxygen atoms in total. The largest absolute Gasteiger partial charge is 0.369 e. The first-order valence-corrected chi connectivity index (χ1v) is 9.87. The standard InChI is InChI=1S/C21H33N3O/c1-16-8-6-10-20(18(16)3)24-13-11-23(12-14-24)15-21(25)22-19-9-5-4-7-17(19)2/h6,8,10,17,19H,4-5,7,9,11-15H2,1-3H3,(H,22,25)/t17-,19+/m1/s1. The number of benzene rings is 1. The van der Waals surface area contributed by atoms with Gasteiger partial charge in [0, 0.05) is 37.9 Å². The van der Waals surface area contributed by atoms with Crippen molar-refractivity contribution in [1.82, 2.24) is 10.2 Å². The van der Waals surface area contributed by atoms with Crippen LogP contribution in [0.4, 0.5) is 5.69 Å². The molecule has 2 aliphatic rings. The number of carbonyl (C=O) groups is 1. The van der Waals surface area contributed by atoms with E-state index in [-0.39, 0.29) is 5.91 Å². The second-order valence-corrected chi connectivity index (χ2v) is 7.92. The molecule has 0 aromatic heterocycles. The molecule has 1 amide bonds. The van der Waals surface area contributed by atoms with Gasteiger partial charge in [-0.1, -0.05) is 31.9 Å². The average molecular weight is 344 g/mol. The van der Waals surface area contributed by atoms with E-state index in [1.165, 1.54) is 36.1 Å². The van der Waals surface area contributed by atoms with E-state index in [1.54, 1.807) is 0 Å². The van der Waals surface area contributed by atoms with Crippen molar-refractivity contribution < 1.29 is 4.79 Å². The lowest BCUT2D eigenvalue weighted by atomic mass is 9.86. The van der Waals surface area contributed by atoms with E-state index in [2.05, 4.69) is 54.1 Å². The van der Waals surface area contributed by atoms with E-state index < -0.39 is 0 Å². The molecule has 1 aromatic carbocycles. The summed E-state index contributed by atoms with van der Waals surface area (Å²) in [6.07, 6.45) is 4.96. The smallest absolute Gasteiger partial charge is 0.234 e. The fraction of sp³-hybridized carbons (Fsp3) is 0.667. The van der Waals surface area contributed by atoms with Gasteiger partial charge in [0.05, 0.1) is 6.54 Å². The summed E-state index contributed by atoms with van der Waals surface area (Å²) >= 11 is 0. The number of nitrogens with zero attached hydrogens (tertiary/aromatic N) is 2. The molecule has 0 bridgehead atoms. The van der Waals surface area contributed by atoms with Gasteiger partial charge >= 0.3 is 0 Å². The van der Waals surface area contributed by atoms with Gasteiger partial charge in [0.15, 0.2) is 0 Å². The van der Waals surface area contributed by atoms with Gasteiger partial charge in [-0.2, -0.15) is 0 Å². The van der Waals surface area contributed by atoms with Gasteiger partial charge < -0.3 is 10.2 Å².